The van der Waals surface area contributed by atoms with Gasteiger partial charge in [-0.3, -0.25) is 0 Å². The van der Waals surface area contributed by atoms with Crippen molar-refractivity contribution in [2.45, 2.75) is 26.4 Å². The average molecular weight is 537 g/mol. The number of aromatic nitrogens is 2. The fraction of sp³-hybridized carbons (Fsp3) is 0.125. The minimum atomic E-state index is -0.640. The summed E-state index contributed by atoms with van der Waals surface area (Å²) in [5, 5.41) is 4.68. The number of benzene rings is 3. The molecule has 3 heterocycles. The molecule has 6 rings (SSSR count). The first-order chi connectivity index (χ1) is 19.5. The molecule has 0 spiro atoms. The zero-order chi connectivity index (χ0) is 27.5. The maximum Gasteiger partial charge on any atom is 0.331 e. The second-order valence-corrected chi connectivity index (χ2v) is 9.29. The SMILES string of the molecule is Cc1ccc(-c2nn(-c3ccccc3)cc2/C=C/C(=O)OCc2cc(F)cc3c2OC(c2ccccc2)OC3)o1. The summed E-state index contributed by atoms with van der Waals surface area (Å²) in [6.07, 6.45) is 4.11. The Labute approximate surface area is 230 Å². The van der Waals surface area contributed by atoms with Crippen molar-refractivity contribution in [1.82, 2.24) is 9.78 Å². The summed E-state index contributed by atoms with van der Waals surface area (Å²) in [5.74, 6) is 0.729. The summed E-state index contributed by atoms with van der Waals surface area (Å²) in [7, 11) is 0. The Bertz CT molecular complexity index is 1670. The smallest absolute Gasteiger partial charge is 0.331 e. The highest BCUT2D eigenvalue weighted by atomic mass is 19.1. The standard InChI is InChI=1S/C32H25FN2O5/c1-21-12-14-28(39-21)30-23(18-35(34-30)27-10-6-3-7-11-27)13-15-29(36)37-19-24-16-26(33)17-25-20-38-32(40-31(24)25)22-8-4-2-5-9-22/h2-18,32H,19-20H2,1H3/b15-13+. The Kier molecular flexibility index (Phi) is 6.99. The number of halogens is 1. The minimum absolute atomic E-state index is 0.168. The van der Waals surface area contributed by atoms with Crippen LogP contribution in [0.3, 0.4) is 0 Å². The van der Waals surface area contributed by atoms with E-state index < -0.39 is 18.1 Å². The molecule has 200 valence electrons. The van der Waals surface area contributed by atoms with Crippen LogP contribution in [0.15, 0.2) is 102 Å². The highest BCUT2D eigenvalue weighted by molar-refractivity contribution is 5.88. The number of para-hydroxylation sites is 1. The number of hydrogen-bond acceptors (Lipinski definition) is 6. The van der Waals surface area contributed by atoms with Gasteiger partial charge in [-0.15, -0.1) is 0 Å². The molecule has 0 fully saturated rings. The van der Waals surface area contributed by atoms with Crippen LogP contribution >= 0.6 is 0 Å². The summed E-state index contributed by atoms with van der Waals surface area (Å²) in [5.41, 5.74) is 3.93. The number of aryl methyl sites for hydroxylation is 1. The number of furan rings is 1. The summed E-state index contributed by atoms with van der Waals surface area (Å²) < 4.78 is 39.2. The Hall–Kier alpha value is -4.95. The molecule has 40 heavy (non-hydrogen) atoms. The van der Waals surface area contributed by atoms with Gasteiger partial charge in [0.05, 0.1) is 12.3 Å². The van der Waals surface area contributed by atoms with Gasteiger partial charge in [-0.25, -0.2) is 13.9 Å². The van der Waals surface area contributed by atoms with E-state index in [0.29, 0.717) is 33.9 Å². The Morgan fingerprint density at radius 1 is 1.07 bits per heavy atom. The maximum atomic E-state index is 14.3. The topological polar surface area (TPSA) is 75.7 Å². The highest BCUT2D eigenvalue weighted by Gasteiger charge is 2.25. The molecular weight excluding hydrogens is 511 g/mol. The van der Waals surface area contributed by atoms with Crippen molar-refractivity contribution in [3.8, 4) is 22.9 Å². The third kappa shape index (κ3) is 5.43. The van der Waals surface area contributed by atoms with Gasteiger partial charge in [0.1, 0.15) is 29.6 Å². The number of carbonyl (C=O) groups is 1. The third-order valence-corrected chi connectivity index (χ3v) is 6.40. The van der Waals surface area contributed by atoms with E-state index in [2.05, 4.69) is 5.10 Å². The first-order valence-electron chi connectivity index (χ1n) is 12.7. The molecule has 0 saturated heterocycles. The molecule has 1 aliphatic rings. The number of esters is 1. The second-order valence-electron chi connectivity index (χ2n) is 9.29. The van der Waals surface area contributed by atoms with Crippen LogP contribution in [0.1, 0.15) is 34.3 Å². The van der Waals surface area contributed by atoms with Crippen molar-refractivity contribution < 1.29 is 27.8 Å². The molecule has 0 N–H and O–H groups in total. The van der Waals surface area contributed by atoms with E-state index in [0.717, 1.165) is 17.0 Å². The monoisotopic (exact) mass is 536 g/mol. The lowest BCUT2D eigenvalue weighted by atomic mass is 10.1. The van der Waals surface area contributed by atoms with Crippen LogP contribution in [0.25, 0.3) is 23.2 Å². The van der Waals surface area contributed by atoms with Crippen LogP contribution in [-0.4, -0.2) is 15.7 Å². The van der Waals surface area contributed by atoms with E-state index in [9.17, 15) is 9.18 Å². The average Bonchev–Trinajstić information content (AvgIpc) is 3.61. The van der Waals surface area contributed by atoms with E-state index in [1.165, 1.54) is 18.2 Å². The van der Waals surface area contributed by atoms with Gasteiger partial charge in [-0.1, -0.05) is 48.5 Å². The molecule has 2 aromatic heterocycles. The number of nitrogens with zero attached hydrogens (tertiary/aromatic N) is 2. The lowest BCUT2D eigenvalue weighted by Crippen LogP contribution is -2.19. The first-order valence-corrected chi connectivity index (χ1v) is 12.7. The Balaban J connectivity index is 1.20. The fourth-order valence-corrected chi connectivity index (χ4v) is 4.49. The van der Waals surface area contributed by atoms with Crippen LogP contribution in [0.5, 0.6) is 5.75 Å². The summed E-state index contributed by atoms with van der Waals surface area (Å²) in [6.45, 7) is 1.86. The van der Waals surface area contributed by atoms with Crippen molar-refractivity contribution in [2.75, 3.05) is 0 Å². The predicted molar refractivity (Wildman–Crippen MR) is 146 cm³/mol. The van der Waals surface area contributed by atoms with Gasteiger partial charge >= 0.3 is 5.97 Å². The molecule has 1 atom stereocenters. The number of hydrogen-bond donors (Lipinski definition) is 0. The van der Waals surface area contributed by atoms with Crippen LogP contribution in [0.2, 0.25) is 0 Å². The lowest BCUT2D eigenvalue weighted by Gasteiger charge is -2.28. The largest absolute Gasteiger partial charge is 0.460 e. The normalized spacial score (nSPS) is 14.6. The third-order valence-electron chi connectivity index (χ3n) is 6.40. The number of carbonyl (C=O) groups excluding carboxylic acids is 1. The number of fused-ring (bicyclic) bond motifs is 1. The number of rotatable bonds is 7. The molecule has 0 aliphatic carbocycles. The molecule has 7 nitrogen and oxygen atoms in total. The van der Waals surface area contributed by atoms with Gasteiger partial charge in [0, 0.05) is 34.5 Å². The van der Waals surface area contributed by atoms with Gasteiger partial charge in [0.2, 0.25) is 6.29 Å². The highest BCUT2D eigenvalue weighted by Crippen LogP contribution is 2.37. The predicted octanol–water partition coefficient (Wildman–Crippen LogP) is 6.94. The van der Waals surface area contributed by atoms with Crippen molar-refractivity contribution in [3.63, 3.8) is 0 Å². The molecule has 8 heteroatoms. The zero-order valence-corrected chi connectivity index (χ0v) is 21.6. The van der Waals surface area contributed by atoms with Gasteiger partial charge in [-0.2, -0.15) is 5.10 Å². The van der Waals surface area contributed by atoms with Crippen LogP contribution in [0, 0.1) is 12.7 Å². The van der Waals surface area contributed by atoms with Gasteiger partial charge < -0.3 is 18.6 Å². The van der Waals surface area contributed by atoms with Gasteiger partial charge in [-0.05, 0) is 49.4 Å². The van der Waals surface area contributed by atoms with Crippen molar-refractivity contribution >= 4 is 12.0 Å². The van der Waals surface area contributed by atoms with Crippen LogP contribution in [-0.2, 0) is 27.5 Å². The first kappa shape index (κ1) is 25.3. The minimum Gasteiger partial charge on any atom is -0.460 e. The second kappa shape index (κ2) is 11.0. The van der Waals surface area contributed by atoms with E-state index in [-0.39, 0.29) is 13.2 Å². The Morgan fingerprint density at radius 3 is 2.60 bits per heavy atom. The molecular formula is C32H25FN2O5. The van der Waals surface area contributed by atoms with Gasteiger partial charge in [0.25, 0.3) is 0 Å². The molecule has 0 bridgehead atoms. The lowest BCUT2D eigenvalue weighted by molar-refractivity contribution is -0.139. The molecule has 5 aromatic rings. The Morgan fingerprint density at radius 2 is 1.85 bits per heavy atom. The molecule has 0 radical (unpaired) electrons. The van der Waals surface area contributed by atoms with E-state index in [1.807, 2.05) is 85.9 Å². The summed E-state index contributed by atoms with van der Waals surface area (Å²) in [6, 6.07) is 25.5. The van der Waals surface area contributed by atoms with E-state index >= 15 is 0 Å². The molecule has 1 aliphatic heterocycles. The van der Waals surface area contributed by atoms with Crippen molar-refractivity contribution in [1.29, 1.82) is 0 Å². The van der Waals surface area contributed by atoms with E-state index in [4.69, 9.17) is 18.6 Å². The maximum absolute atomic E-state index is 14.3. The zero-order valence-electron chi connectivity index (χ0n) is 21.6. The fourth-order valence-electron chi connectivity index (χ4n) is 4.49. The molecule has 0 saturated carbocycles. The van der Waals surface area contributed by atoms with Gasteiger partial charge in [0.15, 0.2) is 5.76 Å². The summed E-state index contributed by atoms with van der Waals surface area (Å²) >= 11 is 0. The van der Waals surface area contributed by atoms with E-state index in [1.54, 1.807) is 10.8 Å². The van der Waals surface area contributed by atoms with Crippen LogP contribution in [0.4, 0.5) is 4.39 Å². The number of ether oxygens (including phenoxy) is 3. The molecule has 1 unspecified atom stereocenters. The summed E-state index contributed by atoms with van der Waals surface area (Å²) in [4.78, 5) is 12.7. The van der Waals surface area contributed by atoms with Crippen LogP contribution < -0.4 is 4.74 Å². The molecule has 3 aromatic carbocycles. The molecule has 0 amide bonds. The van der Waals surface area contributed by atoms with Crippen molar-refractivity contribution in [3.05, 3.63) is 131 Å². The quantitative estimate of drug-likeness (QED) is 0.166. The van der Waals surface area contributed by atoms with Crippen molar-refractivity contribution in [2.24, 2.45) is 0 Å².